The molecule has 31 heavy (non-hydrogen) atoms. The summed E-state index contributed by atoms with van der Waals surface area (Å²) >= 11 is 0. The number of benzene rings is 2. The Morgan fingerprint density at radius 1 is 1.16 bits per heavy atom. The van der Waals surface area contributed by atoms with Gasteiger partial charge in [-0.1, -0.05) is 12.1 Å². The van der Waals surface area contributed by atoms with Gasteiger partial charge in [0.2, 0.25) is 9.84 Å². The van der Waals surface area contributed by atoms with E-state index >= 15 is 0 Å². The second kappa shape index (κ2) is 9.28. The molecule has 7 nitrogen and oxygen atoms in total. The lowest BCUT2D eigenvalue weighted by Gasteiger charge is -2.24. The van der Waals surface area contributed by atoms with Crippen molar-refractivity contribution in [3.05, 3.63) is 48.0 Å². The van der Waals surface area contributed by atoms with Gasteiger partial charge in [-0.25, -0.2) is 8.42 Å². The van der Waals surface area contributed by atoms with Crippen LogP contribution in [0.1, 0.15) is 37.2 Å². The number of ether oxygens (including phenoxy) is 3. The topological polar surface area (TPSA) is 90.9 Å². The zero-order valence-electron chi connectivity index (χ0n) is 17.5. The molecule has 8 heteroatoms. The summed E-state index contributed by atoms with van der Waals surface area (Å²) in [5, 5.41) is 3.32. The summed E-state index contributed by atoms with van der Waals surface area (Å²) in [4.78, 5) is 11.5. The standard InChI is InChI=1S/C23H27NO6S/c1-28-23(25)7-2-3-12-29-16-5-4-6-17(13-16)31(26,27)18-8-9-19-20-10-11-24-15-22(20)30-21(19)14-18/h4-6,8-9,13-14,20,22,24H,2-3,7,10-12,15H2,1H3. The Morgan fingerprint density at radius 2 is 2.00 bits per heavy atom. The highest BCUT2D eigenvalue weighted by atomic mass is 32.2. The largest absolute Gasteiger partial charge is 0.494 e. The number of methoxy groups -OCH3 is 1. The normalized spacial score (nSPS) is 19.8. The Balaban J connectivity index is 1.45. The average Bonchev–Trinajstić information content (AvgIpc) is 3.16. The molecule has 2 aliphatic heterocycles. The van der Waals surface area contributed by atoms with Gasteiger partial charge in [0.15, 0.2) is 0 Å². The van der Waals surface area contributed by atoms with Crippen LogP contribution in [0.5, 0.6) is 11.5 Å². The zero-order chi connectivity index (χ0) is 21.8. The van der Waals surface area contributed by atoms with Crippen LogP contribution >= 0.6 is 0 Å². The van der Waals surface area contributed by atoms with Gasteiger partial charge < -0.3 is 19.5 Å². The van der Waals surface area contributed by atoms with Crippen LogP contribution < -0.4 is 14.8 Å². The lowest BCUT2D eigenvalue weighted by molar-refractivity contribution is -0.140. The van der Waals surface area contributed by atoms with E-state index in [4.69, 9.17) is 9.47 Å². The fourth-order valence-corrected chi connectivity index (χ4v) is 5.40. The number of carbonyl (C=O) groups is 1. The van der Waals surface area contributed by atoms with Gasteiger partial charge >= 0.3 is 5.97 Å². The predicted octanol–water partition coefficient (Wildman–Crippen LogP) is 3.08. The first kappa shape index (κ1) is 21.6. The van der Waals surface area contributed by atoms with E-state index in [1.807, 2.05) is 6.07 Å². The molecule has 2 unspecified atom stereocenters. The van der Waals surface area contributed by atoms with Crippen molar-refractivity contribution in [2.75, 3.05) is 26.8 Å². The van der Waals surface area contributed by atoms with Crippen molar-refractivity contribution in [2.45, 2.75) is 47.5 Å². The Morgan fingerprint density at radius 3 is 2.84 bits per heavy atom. The highest BCUT2D eigenvalue weighted by Gasteiger charge is 2.36. The fourth-order valence-electron chi connectivity index (χ4n) is 4.09. The van der Waals surface area contributed by atoms with Gasteiger partial charge in [0, 0.05) is 24.4 Å². The number of hydrogen-bond donors (Lipinski definition) is 1. The van der Waals surface area contributed by atoms with Gasteiger partial charge in [0.25, 0.3) is 0 Å². The van der Waals surface area contributed by atoms with Gasteiger partial charge in [0.05, 0.1) is 23.5 Å². The maximum absolute atomic E-state index is 13.2. The molecule has 0 bridgehead atoms. The number of unbranched alkanes of at least 4 members (excludes halogenated alkanes) is 1. The third-order valence-corrected chi connectivity index (χ3v) is 7.54. The average molecular weight is 446 g/mol. The molecule has 0 spiro atoms. The summed E-state index contributed by atoms with van der Waals surface area (Å²) in [6.07, 6.45) is 2.72. The number of fused-ring (bicyclic) bond motifs is 3. The highest BCUT2D eigenvalue weighted by molar-refractivity contribution is 7.91. The summed E-state index contributed by atoms with van der Waals surface area (Å²) in [5.74, 6) is 1.22. The third-order valence-electron chi connectivity index (χ3n) is 5.79. The minimum atomic E-state index is -3.70. The monoisotopic (exact) mass is 445 g/mol. The highest BCUT2D eigenvalue weighted by Crippen LogP contribution is 2.42. The number of piperidine rings is 1. The number of hydrogen-bond acceptors (Lipinski definition) is 7. The van der Waals surface area contributed by atoms with E-state index in [1.165, 1.54) is 13.2 Å². The number of esters is 1. The van der Waals surface area contributed by atoms with Crippen molar-refractivity contribution in [1.29, 1.82) is 0 Å². The van der Waals surface area contributed by atoms with E-state index in [0.717, 1.165) is 25.1 Å². The van der Waals surface area contributed by atoms with E-state index in [1.54, 1.807) is 30.3 Å². The van der Waals surface area contributed by atoms with Crippen LogP contribution in [0.4, 0.5) is 0 Å². The Hall–Kier alpha value is -2.58. The van der Waals surface area contributed by atoms with Crippen LogP contribution in [-0.4, -0.2) is 47.3 Å². The van der Waals surface area contributed by atoms with Crippen molar-refractivity contribution < 1.29 is 27.4 Å². The number of nitrogens with one attached hydrogen (secondary N) is 1. The second-order valence-corrected chi connectivity index (χ2v) is 9.76. The quantitative estimate of drug-likeness (QED) is 0.493. The molecule has 1 saturated heterocycles. The number of rotatable bonds is 8. The molecule has 2 aromatic carbocycles. The Labute approximate surface area is 182 Å². The maximum Gasteiger partial charge on any atom is 0.305 e. The maximum atomic E-state index is 13.2. The molecule has 166 valence electrons. The summed E-state index contributed by atoms with van der Waals surface area (Å²) < 4.78 is 42.7. The fraction of sp³-hybridized carbons (Fsp3) is 0.435. The summed E-state index contributed by atoms with van der Waals surface area (Å²) in [7, 11) is -2.34. The van der Waals surface area contributed by atoms with E-state index in [9.17, 15) is 13.2 Å². The van der Waals surface area contributed by atoms with Gasteiger partial charge in [-0.2, -0.15) is 0 Å². The van der Waals surface area contributed by atoms with Crippen molar-refractivity contribution in [3.63, 3.8) is 0 Å². The van der Waals surface area contributed by atoms with Crippen LogP contribution in [0, 0.1) is 0 Å². The summed E-state index contributed by atoms with van der Waals surface area (Å²) in [6, 6.07) is 11.7. The van der Waals surface area contributed by atoms with Gasteiger partial charge in [0.1, 0.15) is 17.6 Å². The number of sulfone groups is 1. The van der Waals surface area contributed by atoms with E-state index in [0.29, 0.717) is 43.3 Å². The Bertz CT molecular complexity index is 1050. The first-order valence-electron chi connectivity index (χ1n) is 10.5. The molecule has 2 atom stereocenters. The number of carbonyl (C=O) groups excluding carboxylic acids is 1. The van der Waals surface area contributed by atoms with Crippen molar-refractivity contribution in [2.24, 2.45) is 0 Å². The van der Waals surface area contributed by atoms with E-state index < -0.39 is 9.84 Å². The molecule has 0 aliphatic carbocycles. The van der Waals surface area contributed by atoms with Crippen LogP contribution in [0.15, 0.2) is 52.3 Å². The summed E-state index contributed by atoms with van der Waals surface area (Å²) in [5.41, 5.74) is 1.09. The molecule has 2 aliphatic rings. The molecular formula is C23H27NO6S. The first-order chi connectivity index (χ1) is 15.0. The molecule has 0 radical (unpaired) electrons. The van der Waals surface area contributed by atoms with Crippen molar-refractivity contribution >= 4 is 15.8 Å². The SMILES string of the molecule is COC(=O)CCCCOc1cccc(S(=O)(=O)c2ccc3c(c2)OC2CNCCC32)c1. The molecular weight excluding hydrogens is 418 g/mol. The van der Waals surface area contributed by atoms with Crippen LogP contribution in [0.3, 0.4) is 0 Å². The van der Waals surface area contributed by atoms with Crippen molar-refractivity contribution in [1.82, 2.24) is 5.32 Å². The minimum Gasteiger partial charge on any atom is -0.494 e. The van der Waals surface area contributed by atoms with Gasteiger partial charge in [-0.15, -0.1) is 0 Å². The molecule has 1 fully saturated rings. The second-order valence-electron chi connectivity index (χ2n) is 7.82. The molecule has 2 heterocycles. The molecule has 1 N–H and O–H groups in total. The van der Waals surface area contributed by atoms with Gasteiger partial charge in [-0.05, 0) is 56.1 Å². The third kappa shape index (κ3) is 4.70. The molecule has 2 aromatic rings. The van der Waals surface area contributed by atoms with Crippen LogP contribution in [-0.2, 0) is 19.4 Å². The van der Waals surface area contributed by atoms with E-state index in [-0.39, 0.29) is 21.9 Å². The van der Waals surface area contributed by atoms with Crippen LogP contribution in [0.2, 0.25) is 0 Å². The predicted molar refractivity (Wildman–Crippen MR) is 114 cm³/mol. The van der Waals surface area contributed by atoms with Gasteiger partial charge in [-0.3, -0.25) is 4.79 Å². The van der Waals surface area contributed by atoms with E-state index in [2.05, 4.69) is 10.1 Å². The van der Waals surface area contributed by atoms with Crippen LogP contribution in [0.25, 0.3) is 0 Å². The first-order valence-corrected chi connectivity index (χ1v) is 12.0. The zero-order valence-corrected chi connectivity index (χ0v) is 18.3. The minimum absolute atomic E-state index is 0.0672. The molecule has 0 amide bonds. The molecule has 0 saturated carbocycles. The summed E-state index contributed by atoms with van der Waals surface area (Å²) in [6.45, 7) is 2.12. The lowest BCUT2D eigenvalue weighted by Crippen LogP contribution is -2.39. The molecule has 4 rings (SSSR count). The Kier molecular flexibility index (Phi) is 6.48. The smallest absolute Gasteiger partial charge is 0.305 e. The lowest BCUT2D eigenvalue weighted by atomic mass is 9.90. The molecule has 0 aromatic heterocycles. The van der Waals surface area contributed by atoms with Crippen molar-refractivity contribution in [3.8, 4) is 11.5 Å².